The number of amides is 2. The number of ether oxygens (including phenoxy) is 1. The van der Waals surface area contributed by atoms with Crippen LogP contribution in [0.4, 0.5) is 5.69 Å². The molecule has 6 rings (SSSR count). The summed E-state index contributed by atoms with van der Waals surface area (Å²) < 4.78 is 9.05. The predicted octanol–water partition coefficient (Wildman–Crippen LogP) is 4.78. The van der Waals surface area contributed by atoms with Crippen molar-refractivity contribution in [2.45, 2.75) is 18.5 Å². The molecule has 0 aliphatic carbocycles. The Bertz CT molecular complexity index is 1810. The highest BCUT2D eigenvalue weighted by molar-refractivity contribution is 6.31. The molecule has 1 aliphatic heterocycles. The summed E-state index contributed by atoms with van der Waals surface area (Å²) in [5.41, 5.74) is 6.70. The number of benzene rings is 3. The van der Waals surface area contributed by atoms with Gasteiger partial charge in [0.25, 0.3) is 5.91 Å². The lowest BCUT2D eigenvalue weighted by molar-refractivity contribution is -0.118. The molecular weight excluding hydrogens is 590 g/mol. The standard InChI is InChI=1S/C34H34ClN7O3/c1-41-21-36-19-32(41)22-6-9-27(10-7-22)39-33(43)29(40-34(44)31-12-13-38-42(31)2)18-26-17-24(8-11-28(26)35)23-4-3-5-25(16-23)30-20-45-15-14-37-30/h3-13,16-17,19,21,29-30,37H,14-15,18,20H2,1-2H3,(H,39,43)(H,40,44)/t29-,30+/m0/s1. The molecule has 2 amide bonds. The van der Waals surface area contributed by atoms with E-state index in [0.29, 0.717) is 29.6 Å². The van der Waals surface area contributed by atoms with E-state index in [1.54, 1.807) is 25.6 Å². The zero-order chi connectivity index (χ0) is 31.3. The Morgan fingerprint density at radius 2 is 1.84 bits per heavy atom. The molecule has 0 unspecified atom stereocenters. The highest BCUT2D eigenvalue weighted by atomic mass is 35.5. The Hall–Kier alpha value is -4.77. The normalized spacial score (nSPS) is 15.4. The monoisotopic (exact) mass is 623 g/mol. The lowest BCUT2D eigenvalue weighted by atomic mass is 9.96. The van der Waals surface area contributed by atoms with Crippen molar-refractivity contribution in [2.75, 3.05) is 25.1 Å². The predicted molar refractivity (Wildman–Crippen MR) is 174 cm³/mol. The van der Waals surface area contributed by atoms with Gasteiger partial charge < -0.3 is 25.3 Å². The molecule has 3 aromatic carbocycles. The minimum absolute atomic E-state index is 0.124. The van der Waals surface area contributed by atoms with Crippen molar-refractivity contribution in [3.63, 3.8) is 0 Å². The molecule has 10 nitrogen and oxygen atoms in total. The van der Waals surface area contributed by atoms with Gasteiger partial charge in [-0.2, -0.15) is 5.10 Å². The van der Waals surface area contributed by atoms with Gasteiger partial charge in [-0.25, -0.2) is 4.98 Å². The van der Waals surface area contributed by atoms with E-state index in [1.807, 2.05) is 66.2 Å². The van der Waals surface area contributed by atoms with E-state index in [-0.39, 0.29) is 18.4 Å². The van der Waals surface area contributed by atoms with Crippen molar-refractivity contribution in [1.82, 2.24) is 30.0 Å². The van der Waals surface area contributed by atoms with E-state index in [9.17, 15) is 9.59 Å². The van der Waals surface area contributed by atoms with E-state index in [4.69, 9.17) is 16.3 Å². The fraction of sp³-hybridized carbons (Fsp3) is 0.235. The topological polar surface area (TPSA) is 115 Å². The van der Waals surface area contributed by atoms with Crippen molar-refractivity contribution in [3.8, 4) is 22.4 Å². The van der Waals surface area contributed by atoms with Gasteiger partial charge in [-0.15, -0.1) is 0 Å². The number of halogens is 1. The van der Waals surface area contributed by atoms with Crippen LogP contribution in [0, 0.1) is 0 Å². The van der Waals surface area contributed by atoms with E-state index in [0.717, 1.165) is 40.1 Å². The maximum Gasteiger partial charge on any atom is 0.270 e. The van der Waals surface area contributed by atoms with E-state index in [2.05, 4.69) is 38.2 Å². The van der Waals surface area contributed by atoms with E-state index < -0.39 is 11.9 Å². The number of carbonyl (C=O) groups excluding carboxylic acids is 2. The largest absolute Gasteiger partial charge is 0.378 e. The second-order valence-corrected chi connectivity index (χ2v) is 11.4. The molecule has 11 heteroatoms. The Kier molecular flexibility index (Phi) is 9.06. The smallest absolute Gasteiger partial charge is 0.270 e. The van der Waals surface area contributed by atoms with Crippen LogP contribution in [0.2, 0.25) is 5.02 Å². The lowest BCUT2D eigenvalue weighted by Crippen LogP contribution is -2.45. The van der Waals surface area contributed by atoms with E-state index in [1.165, 1.54) is 10.9 Å². The number of morpholine rings is 1. The SMILES string of the molecule is Cn1cncc1-c1ccc(NC(=O)[C@H](Cc2cc(-c3cccc([C@H]4COCCN4)c3)ccc2Cl)NC(=O)c2ccnn2C)cc1. The van der Waals surface area contributed by atoms with Crippen LogP contribution in [0.1, 0.15) is 27.7 Å². The first-order chi connectivity index (χ1) is 21.9. The first-order valence-electron chi connectivity index (χ1n) is 14.7. The number of rotatable bonds is 9. The Morgan fingerprint density at radius 1 is 1.04 bits per heavy atom. The molecule has 3 N–H and O–H groups in total. The summed E-state index contributed by atoms with van der Waals surface area (Å²) >= 11 is 6.69. The number of nitrogens with zero attached hydrogens (tertiary/aromatic N) is 4. The van der Waals surface area contributed by atoms with Crippen LogP contribution < -0.4 is 16.0 Å². The molecule has 45 heavy (non-hydrogen) atoms. The van der Waals surface area contributed by atoms with Crippen molar-refractivity contribution in [2.24, 2.45) is 14.1 Å². The van der Waals surface area contributed by atoms with Gasteiger partial charge in [-0.05, 0) is 64.2 Å². The maximum absolute atomic E-state index is 13.7. The van der Waals surface area contributed by atoms with Crippen molar-refractivity contribution >= 4 is 29.1 Å². The molecule has 230 valence electrons. The van der Waals surface area contributed by atoms with Gasteiger partial charge in [-0.3, -0.25) is 14.3 Å². The van der Waals surface area contributed by atoms with Gasteiger partial charge in [0.05, 0.1) is 37.5 Å². The lowest BCUT2D eigenvalue weighted by Gasteiger charge is -2.24. The first-order valence-corrected chi connectivity index (χ1v) is 15.1. The van der Waals surface area contributed by atoms with Gasteiger partial charge in [0, 0.05) is 44.0 Å². The number of carbonyl (C=O) groups is 2. The number of aromatic nitrogens is 4. The van der Waals surface area contributed by atoms with Crippen LogP contribution in [-0.4, -0.2) is 56.9 Å². The number of anilines is 1. The summed E-state index contributed by atoms with van der Waals surface area (Å²) in [5.74, 6) is -0.783. The third kappa shape index (κ3) is 6.99. The summed E-state index contributed by atoms with van der Waals surface area (Å²) in [6.07, 6.45) is 5.23. The minimum atomic E-state index is -0.924. The third-order valence-electron chi connectivity index (χ3n) is 7.95. The number of aryl methyl sites for hydroxylation is 2. The molecule has 1 saturated heterocycles. The molecule has 3 heterocycles. The Balaban J connectivity index is 1.25. The summed E-state index contributed by atoms with van der Waals surface area (Å²) in [7, 11) is 3.60. The van der Waals surface area contributed by atoms with Gasteiger partial charge in [-0.1, -0.05) is 48.0 Å². The maximum atomic E-state index is 13.7. The van der Waals surface area contributed by atoms with Crippen LogP contribution in [-0.2, 0) is 30.0 Å². The summed E-state index contributed by atoms with van der Waals surface area (Å²) in [6.45, 7) is 2.14. The van der Waals surface area contributed by atoms with Gasteiger partial charge in [0.15, 0.2) is 0 Å². The fourth-order valence-electron chi connectivity index (χ4n) is 5.47. The zero-order valence-electron chi connectivity index (χ0n) is 25.0. The molecule has 0 spiro atoms. The van der Waals surface area contributed by atoms with Crippen LogP contribution >= 0.6 is 11.6 Å². The molecular formula is C34H34ClN7O3. The van der Waals surface area contributed by atoms with Crippen molar-refractivity contribution in [3.05, 3.63) is 113 Å². The van der Waals surface area contributed by atoms with Crippen LogP contribution in [0.15, 0.2) is 91.5 Å². The van der Waals surface area contributed by atoms with Gasteiger partial charge in [0.2, 0.25) is 5.91 Å². The second kappa shape index (κ2) is 13.5. The minimum Gasteiger partial charge on any atom is -0.378 e. The molecule has 0 radical (unpaired) electrons. The molecule has 0 saturated carbocycles. The average Bonchev–Trinajstić information content (AvgIpc) is 3.70. The van der Waals surface area contributed by atoms with Gasteiger partial charge in [0.1, 0.15) is 11.7 Å². The Morgan fingerprint density at radius 3 is 2.56 bits per heavy atom. The number of imidazole rings is 1. The van der Waals surface area contributed by atoms with Crippen LogP contribution in [0.5, 0.6) is 0 Å². The molecule has 5 aromatic rings. The second-order valence-electron chi connectivity index (χ2n) is 11.0. The Labute approximate surface area is 266 Å². The molecule has 1 aliphatic rings. The fourth-order valence-corrected chi connectivity index (χ4v) is 5.67. The quantitative estimate of drug-likeness (QED) is 0.218. The highest BCUT2D eigenvalue weighted by Crippen LogP contribution is 2.29. The first kappa shape index (κ1) is 30.3. The summed E-state index contributed by atoms with van der Waals surface area (Å²) in [4.78, 5) is 31.2. The molecule has 1 fully saturated rings. The molecule has 2 aromatic heterocycles. The zero-order valence-corrected chi connectivity index (χ0v) is 25.8. The summed E-state index contributed by atoms with van der Waals surface area (Å²) in [5, 5.41) is 14.0. The molecule has 2 atom stereocenters. The third-order valence-corrected chi connectivity index (χ3v) is 8.32. The summed E-state index contributed by atoms with van der Waals surface area (Å²) in [6, 6.07) is 22.4. The van der Waals surface area contributed by atoms with Crippen LogP contribution in [0.25, 0.3) is 22.4 Å². The van der Waals surface area contributed by atoms with Crippen molar-refractivity contribution in [1.29, 1.82) is 0 Å². The van der Waals surface area contributed by atoms with Crippen molar-refractivity contribution < 1.29 is 14.3 Å². The highest BCUT2D eigenvalue weighted by Gasteiger charge is 2.25. The van der Waals surface area contributed by atoms with E-state index >= 15 is 0 Å². The van der Waals surface area contributed by atoms with Crippen LogP contribution in [0.3, 0.4) is 0 Å². The average molecular weight is 624 g/mol. The number of hydrogen-bond donors (Lipinski definition) is 3. The number of nitrogens with one attached hydrogen (secondary N) is 3. The van der Waals surface area contributed by atoms with Gasteiger partial charge >= 0.3 is 0 Å². The molecule has 0 bridgehead atoms. The number of hydrogen-bond acceptors (Lipinski definition) is 6.